The Morgan fingerprint density at radius 1 is 1.28 bits per heavy atom. The molecule has 2 aliphatic carbocycles. The van der Waals surface area contributed by atoms with Crippen molar-refractivity contribution in [2.24, 2.45) is 5.41 Å². The number of hydrogen-bond acceptors (Lipinski definition) is 5. The normalized spacial score (nSPS) is 36.3. The first-order valence-electron chi connectivity index (χ1n) is 6.14. The summed E-state index contributed by atoms with van der Waals surface area (Å²) < 4.78 is 4.74. The third-order valence-corrected chi connectivity index (χ3v) is 4.13. The number of carbonyl (C=O) groups is 2. The van der Waals surface area contributed by atoms with Crippen LogP contribution in [0.15, 0.2) is 11.1 Å². The molecule has 100 valence electrons. The van der Waals surface area contributed by atoms with Gasteiger partial charge in [0.15, 0.2) is 5.78 Å². The number of hydrogen-bond donors (Lipinski definition) is 2. The van der Waals surface area contributed by atoms with E-state index >= 15 is 0 Å². The highest BCUT2D eigenvalue weighted by molar-refractivity contribution is 6.05. The Hall–Kier alpha value is -1.20. The fraction of sp³-hybridized carbons (Fsp3) is 0.692. The average Bonchev–Trinajstić information content (AvgIpc) is 2.36. The van der Waals surface area contributed by atoms with Gasteiger partial charge in [0.05, 0.1) is 19.3 Å². The van der Waals surface area contributed by atoms with Crippen molar-refractivity contribution < 1.29 is 24.5 Å². The van der Waals surface area contributed by atoms with Gasteiger partial charge in [-0.3, -0.25) is 9.59 Å². The van der Waals surface area contributed by atoms with Gasteiger partial charge >= 0.3 is 5.97 Å². The minimum atomic E-state index is -1.58. The summed E-state index contributed by atoms with van der Waals surface area (Å²) in [7, 11) is 1.21. The second-order valence-electron chi connectivity index (χ2n) is 5.05. The van der Waals surface area contributed by atoms with Gasteiger partial charge < -0.3 is 14.9 Å². The van der Waals surface area contributed by atoms with E-state index in [4.69, 9.17) is 4.74 Å². The number of esters is 1. The van der Waals surface area contributed by atoms with Crippen LogP contribution in [0, 0.1) is 5.41 Å². The topological polar surface area (TPSA) is 83.8 Å². The second-order valence-corrected chi connectivity index (χ2v) is 5.05. The molecule has 0 aromatic rings. The predicted molar refractivity (Wildman–Crippen MR) is 62.6 cm³/mol. The van der Waals surface area contributed by atoms with Gasteiger partial charge in [-0.15, -0.1) is 0 Å². The number of carbonyl (C=O) groups excluding carboxylic acids is 2. The van der Waals surface area contributed by atoms with Crippen molar-refractivity contribution in [3.05, 3.63) is 11.1 Å². The number of rotatable bonds is 1. The molecule has 0 heterocycles. The van der Waals surface area contributed by atoms with Crippen LogP contribution in [0.25, 0.3) is 0 Å². The van der Waals surface area contributed by atoms with Crippen LogP contribution in [0.4, 0.5) is 0 Å². The monoisotopic (exact) mass is 254 g/mol. The van der Waals surface area contributed by atoms with E-state index < -0.39 is 23.6 Å². The molecule has 0 aromatic heterocycles. The van der Waals surface area contributed by atoms with Crippen LogP contribution in [0.5, 0.6) is 0 Å². The molecule has 5 heteroatoms. The van der Waals surface area contributed by atoms with Crippen LogP contribution in [0.3, 0.4) is 0 Å². The molecule has 0 amide bonds. The van der Waals surface area contributed by atoms with E-state index in [9.17, 15) is 19.8 Å². The standard InChI is InChI=1S/C13H18O5/c1-7-3-5-9(15)13(12(17)18-2)10(16)6-4-8(14)11(7)13/h9-10,15-16H,3-6H2,1-2H3/t9-,10+,13+/m1/s1. The van der Waals surface area contributed by atoms with Gasteiger partial charge in [0, 0.05) is 12.0 Å². The molecule has 0 saturated heterocycles. The summed E-state index contributed by atoms with van der Waals surface area (Å²) in [5.74, 6) is -0.883. The first-order chi connectivity index (χ1) is 8.46. The molecule has 2 N–H and O–H groups in total. The first kappa shape index (κ1) is 13.2. The molecular weight excluding hydrogens is 236 g/mol. The van der Waals surface area contributed by atoms with Crippen LogP contribution in [-0.4, -0.2) is 41.3 Å². The van der Waals surface area contributed by atoms with E-state index in [-0.39, 0.29) is 24.2 Å². The Kier molecular flexibility index (Phi) is 3.29. The molecule has 3 atom stereocenters. The van der Waals surface area contributed by atoms with Gasteiger partial charge in [-0.1, -0.05) is 5.57 Å². The number of Topliss-reactive ketones (excluding diaryl/α,β-unsaturated/α-hetero) is 1. The summed E-state index contributed by atoms with van der Waals surface area (Å²) in [5.41, 5.74) is -0.534. The summed E-state index contributed by atoms with van der Waals surface area (Å²) in [4.78, 5) is 24.2. The molecule has 1 fully saturated rings. The third kappa shape index (κ3) is 1.54. The summed E-state index contributed by atoms with van der Waals surface area (Å²) in [5, 5.41) is 20.4. The smallest absolute Gasteiger partial charge is 0.321 e. The molecule has 1 saturated carbocycles. The number of ketones is 1. The number of aliphatic hydroxyl groups is 2. The van der Waals surface area contributed by atoms with Gasteiger partial charge in [0.1, 0.15) is 5.41 Å². The summed E-state index contributed by atoms with van der Waals surface area (Å²) in [6.45, 7) is 1.77. The summed E-state index contributed by atoms with van der Waals surface area (Å²) in [6, 6.07) is 0. The van der Waals surface area contributed by atoms with E-state index in [1.807, 2.05) is 0 Å². The van der Waals surface area contributed by atoms with Crippen molar-refractivity contribution in [1.82, 2.24) is 0 Å². The lowest BCUT2D eigenvalue weighted by Crippen LogP contribution is -2.58. The Morgan fingerprint density at radius 2 is 1.83 bits per heavy atom. The van der Waals surface area contributed by atoms with Gasteiger partial charge in [-0.2, -0.15) is 0 Å². The average molecular weight is 254 g/mol. The number of ether oxygens (including phenoxy) is 1. The van der Waals surface area contributed by atoms with Crippen molar-refractivity contribution in [3.63, 3.8) is 0 Å². The maximum Gasteiger partial charge on any atom is 0.321 e. The molecule has 0 spiro atoms. The Balaban J connectivity index is 2.66. The highest BCUT2D eigenvalue weighted by atomic mass is 16.5. The number of aliphatic hydroxyl groups excluding tert-OH is 2. The minimum Gasteiger partial charge on any atom is -0.468 e. The van der Waals surface area contributed by atoms with Gasteiger partial charge in [0.2, 0.25) is 0 Å². The van der Waals surface area contributed by atoms with E-state index in [2.05, 4.69) is 0 Å². The Labute approximate surface area is 105 Å². The predicted octanol–water partition coefficient (Wildman–Crippen LogP) is 0.341. The fourth-order valence-electron chi connectivity index (χ4n) is 3.25. The van der Waals surface area contributed by atoms with E-state index in [1.54, 1.807) is 6.92 Å². The van der Waals surface area contributed by atoms with Crippen LogP contribution >= 0.6 is 0 Å². The molecule has 5 nitrogen and oxygen atoms in total. The molecule has 0 aliphatic heterocycles. The molecular formula is C13H18O5. The van der Waals surface area contributed by atoms with Crippen molar-refractivity contribution in [3.8, 4) is 0 Å². The van der Waals surface area contributed by atoms with Gasteiger partial charge in [-0.05, 0) is 26.2 Å². The number of allylic oxidation sites excluding steroid dienone is 1. The zero-order valence-corrected chi connectivity index (χ0v) is 10.6. The van der Waals surface area contributed by atoms with E-state index in [1.165, 1.54) is 7.11 Å². The quantitative estimate of drug-likeness (QED) is 0.659. The summed E-state index contributed by atoms with van der Waals surface area (Å²) in [6.07, 6.45) is -0.824. The Morgan fingerprint density at radius 3 is 2.39 bits per heavy atom. The largest absolute Gasteiger partial charge is 0.468 e. The van der Waals surface area contributed by atoms with E-state index in [0.717, 1.165) is 5.57 Å². The molecule has 0 bridgehead atoms. The zero-order chi connectivity index (χ0) is 13.5. The van der Waals surface area contributed by atoms with E-state index in [0.29, 0.717) is 12.8 Å². The highest BCUT2D eigenvalue weighted by Gasteiger charge is 2.60. The molecule has 0 unspecified atom stereocenters. The molecule has 18 heavy (non-hydrogen) atoms. The minimum absolute atomic E-state index is 0.165. The van der Waals surface area contributed by atoms with Crippen molar-refractivity contribution >= 4 is 11.8 Å². The fourth-order valence-corrected chi connectivity index (χ4v) is 3.25. The Bertz CT molecular complexity index is 425. The lowest BCUT2D eigenvalue weighted by atomic mass is 9.59. The first-order valence-corrected chi connectivity index (χ1v) is 6.14. The third-order valence-electron chi connectivity index (χ3n) is 4.13. The highest BCUT2D eigenvalue weighted by Crippen LogP contribution is 2.49. The van der Waals surface area contributed by atoms with Crippen LogP contribution < -0.4 is 0 Å². The second kappa shape index (κ2) is 4.48. The molecule has 0 aromatic carbocycles. The summed E-state index contributed by atoms with van der Waals surface area (Å²) >= 11 is 0. The SMILES string of the molecule is COC(=O)[C@@]12C(=C(C)CC[C@H]1O)C(=O)CC[C@@H]2O. The van der Waals surface area contributed by atoms with Gasteiger partial charge in [0.25, 0.3) is 0 Å². The van der Waals surface area contributed by atoms with Crippen LogP contribution in [0.2, 0.25) is 0 Å². The van der Waals surface area contributed by atoms with Crippen molar-refractivity contribution in [2.45, 2.75) is 44.8 Å². The van der Waals surface area contributed by atoms with Crippen molar-refractivity contribution in [1.29, 1.82) is 0 Å². The lowest BCUT2D eigenvalue weighted by molar-refractivity contribution is -0.173. The van der Waals surface area contributed by atoms with Gasteiger partial charge in [-0.25, -0.2) is 0 Å². The zero-order valence-electron chi connectivity index (χ0n) is 10.6. The van der Waals surface area contributed by atoms with Crippen LogP contribution in [-0.2, 0) is 14.3 Å². The number of fused-ring (bicyclic) bond motifs is 1. The molecule has 2 rings (SSSR count). The number of methoxy groups -OCH3 is 1. The maximum atomic E-state index is 12.1. The van der Waals surface area contributed by atoms with Crippen molar-refractivity contribution in [2.75, 3.05) is 7.11 Å². The lowest BCUT2D eigenvalue weighted by Gasteiger charge is -2.46. The van der Waals surface area contributed by atoms with Crippen LogP contribution in [0.1, 0.15) is 32.6 Å². The molecule has 0 radical (unpaired) electrons. The maximum absolute atomic E-state index is 12.1. The molecule has 2 aliphatic rings.